The number of carbonyl (C=O) groups excluding carboxylic acids is 1. The topological polar surface area (TPSA) is 83.6 Å². The molecule has 0 saturated heterocycles. The predicted molar refractivity (Wildman–Crippen MR) is 78.4 cm³/mol. The van der Waals surface area contributed by atoms with E-state index in [1.165, 1.54) is 4.90 Å². The summed E-state index contributed by atoms with van der Waals surface area (Å²) in [4.78, 5) is 29.3. The average molecular weight is 300 g/mol. The van der Waals surface area contributed by atoms with E-state index in [1.807, 2.05) is 0 Å². The van der Waals surface area contributed by atoms with Gasteiger partial charge in [-0.2, -0.15) is 0 Å². The second-order valence-electron chi connectivity index (χ2n) is 5.36. The van der Waals surface area contributed by atoms with Gasteiger partial charge in [0.05, 0.1) is 17.5 Å². The number of pyridine rings is 1. The van der Waals surface area contributed by atoms with Gasteiger partial charge in [-0.25, -0.2) is 4.98 Å². The molecule has 1 fully saturated rings. The van der Waals surface area contributed by atoms with Crippen LogP contribution in [0.5, 0.6) is 0 Å². The summed E-state index contributed by atoms with van der Waals surface area (Å²) in [5, 5.41) is 8.97. The molecular formula is C16H16N2O4. The zero-order chi connectivity index (χ0) is 15.7. The van der Waals surface area contributed by atoms with Crippen LogP contribution >= 0.6 is 0 Å². The van der Waals surface area contributed by atoms with Gasteiger partial charge in [0.25, 0.3) is 5.91 Å². The van der Waals surface area contributed by atoms with E-state index in [1.54, 1.807) is 37.5 Å². The van der Waals surface area contributed by atoms with Gasteiger partial charge >= 0.3 is 5.97 Å². The lowest BCUT2D eigenvalue weighted by atomic mass is 10.1. The van der Waals surface area contributed by atoms with Crippen molar-refractivity contribution in [2.24, 2.45) is 0 Å². The van der Waals surface area contributed by atoms with E-state index >= 15 is 0 Å². The summed E-state index contributed by atoms with van der Waals surface area (Å²) in [6.45, 7) is 1.47. The Morgan fingerprint density at radius 2 is 2.14 bits per heavy atom. The summed E-state index contributed by atoms with van der Waals surface area (Å²) in [7, 11) is 0. The van der Waals surface area contributed by atoms with Gasteiger partial charge in [0.2, 0.25) is 0 Å². The lowest BCUT2D eigenvalue weighted by Crippen LogP contribution is -2.37. The van der Waals surface area contributed by atoms with Crippen LogP contribution in [0.25, 0.3) is 11.5 Å². The molecule has 1 saturated carbocycles. The fourth-order valence-corrected chi connectivity index (χ4v) is 2.40. The molecule has 6 heteroatoms. The maximum absolute atomic E-state index is 12.6. The van der Waals surface area contributed by atoms with Crippen molar-refractivity contribution in [3.05, 3.63) is 41.8 Å². The molecule has 6 nitrogen and oxygen atoms in total. The molecule has 1 aliphatic rings. The van der Waals surface area contributed by atoms with E-state index in [0.717, 1.165) is 12.8 Å². The first kappa shape index (κ1) is 14.3. The largest absolute Gasteiger partial charge is 0.480 e. The van der Waals surface area contributed by atoms with Gasteiger partial charge in [0.1, 0.15) is 12.2 Å². The fourth-order valence-electron chi connectivity index (χ4n) is 2.40. The summed E-state index contributed by atoms with van der Waals surface area (Å²) in [6.07, 6.45) is 3.28. The molecule has 2 aromatic rings. The Kier molecular flexibility index (Phi) is 3.66. The molecule has 0 aliphatic heterocycles. The second-order valence-corrected chi connectivity index (χ2v) is 5.36. The van der Waals surface area contributed by atoms with Crippen molar-refractivity contribution in [3.8, 4) is 11.5 Å². The first-order valence-corrected chi connectivity index (χ1v) is 7.10. The third kappa shape index (κ3) is 2.86. The Bertz CT molecular complexity index is 705. The highest BCUT2D eigenvalue weighted by Crippen LogP contribution is 2.29. The molecule has 2 aromatic heterocycles. The maximum atomic E-state index is 12.6. The first-order chi connectivity index (χ1) is 10.6. The van der Waals surface area contributed by atoms with Crippen molar-refractivity contribution in [2.75, 3.05) is 6.54 Å². The number of carboxylic acids is 1. The van der Waals surface area contributed by atoms with Gasteiger partial charge < -0.3 is 14.4 Å². The Balaban J connectivity index is 1.87. The number of aryl methyl sites for hydroxylation is 1. The SMILES string of the molecule is Cc1nc(-c2ccco2)ccc1C(=O)N(CC(=O)O)C1CC1. The predicted octanol–water partition coefficient (Wildman–Crippen LogP) is 2.34. The second kappa shape index (κ2) is 5.63. The van der Waals surface area contributed by atoms with Crippen LogP contribution in [-0.2, 0) is 4.79 Å². The number of rotatable bonds is 5. The van der Waals surface area contributed by atoms with Crippen molar-refractivity contribution < 1.29 is 19.1 Å². The highest BCUT2D eigenvalue weighted by Gasteiger charge is 2.35. The highest BCUT2D eigenvalue weighted by atomic mass is 16.4. The molecule has 0 radical (unpaired) electrons. The molecule has 3 rings (SSSR count). The van der Waals surface area contributed by atoms with Crippen LogP contribution in [0.3, 0.4) is 0 Å². The molecule has 2 heterocycles. The third-order valence-electron chi connectivity index (χ3n) is 3.64. The van der Waals surface area contributed by atoms with Crippen LogP contribution in [0.4, 0.5) is 0 Å². The van der Waals surface area contributed by atoms with Crippen LogP contribution < -0.4 is 0 Å². The minimum Gasteiger partial charge on any atom is -0.480 e. The molecule has 0 bridgehead atoms. The summed E-state index contributed by atoms with van der Waals surface area (Å²) in [5.41, 5.74) is 1.65. The molecule has 114 valence electrons. The Morgan fingerprint density at radius 3 is 2.68 bits per heavy atom. The van der Waals surface area contributed by atoms with Crippen LogP contribution in [-0.4, -0.2) is 39.5 Å². The summed E-state index contributed by atoms with van der Waals surface area (Å²) in [6, 6.07) is 7.00. The number of nitrogens with zero attached hydrogens (tertiary/aromatic N) is 2. The number of carboxylic acid groups (broad SMARTS) is 1. The zero-order valence-corrected chi connectivity index (χ0v) is 12.2. The summed E-state index contributed by atoms with van der Waals surface area (Å²) < 4.78 is 5.29. The number of hydrogen-bond acceptors (Lipinski definition) is 4. The van der Waals surface area contributed by atoms with E-state index in [0.29, 0.717) is 22.7 Å². The smallest absolute Gasteiger partial charge is 0.323 e. The molecule has 1 aliphatic carbocycles. The molecule has 0 atom stereocenters. The van der Waals surface area contributed by atoms with E-state index < -0.39 is 5.97 Å². The minimum atomic E-state index is -1.00. The third-order valence-corrected chi connectivity index (χ3v) is 3.64. The summed E-state index contributed by atoms with van der Waals surface area (Å²) in [5.74, 6) is -0.648. The Morgan fingerprint density at radius 1 is 1.36 bits per heavy atom. The molecule has 0 aromatic carbocycles. The van der Waals surface area contributed by atoms with Crippen LogP contribution in [0.1, 0.15) is 28.9 Å². The van der Waals surface area contributed by atoms with Crippen LogP contribution in [0.15, 0.2) is 34.9 Å². The Labute approximate surface area is 127 Å². The molecule has 0 unspecified atom stereocenters. The maximum Gasteiger partial charge on any atom is 0.323 e. The van der Waals surface area contributed by atoms with Gasteiger partial charge in [-0.15, -0.1) is 0 Å². The average Bonchev–Trinajstić information content (AvgIpc) is 3.17. The number of hydrogen-bond donors (Lipinski definition) is 1. The fraction of sp³-hybridized carbons (Fsp3) is 0.312. The van der Waals surface area contributed by atoms with Gasteiger partial charge in [0, 0.05) is 6.04 Å². The van der Waals surface area contributed by atoms with Crippen molar-refractivity contribution in [1.29, 1.82) is 0 Å². The van der Waals surface area contributed by atoms with Crippen LogP contribution in [0.2, 0.25) is 0 Å². The first-order valence-electron chi connectivity index (χ1n) is 7.10. The Hall–Kier alpha value is -2.63. The van der Waals surface area contributed by atoms with Gasteiger partial charge in [-0.05, 0) is 44.0 Å². The summed E-state index contributed by atoms with van der Waals surface area (Å²) >= 11 is 0. The van der Waals surface area contributed by atoms with Gasteiger partial charge in [-0.1, -0.05) is 0 Å². The molecule has 1 amide bonds. The molecule has 22 heavy (non-hydrogen) atoms. The quantitative estimate of drug-likeness (QED) is 0.916. The normalized spacial score (nSPS) is 13.9. The number of amides is 1. The molecule has 1 N–H and O–H groups in total. The van der Waals surface area contributed by atoms with E-state index in [9.17, 15) is 9.59 Å². The lowest BCUT2D eigenvalue weighted by Gasteiger charge is -2.21. The van der Waals surface area contributed by atoms with E-state index in [-0.39, 0.29) is 18.5 Å². The monoisotopic (exact) mass is 300 g/mol. The van der Waals surface area contributed by atoms with Crippen molar-refractivity contribution in [2.45, 2.75) is 25.8 Å². The van der Waals surface area contributed by atoms with Crippen molar-refractivity contribution in [3.63, 3.8) is 0 Å². The number of aromatic nitrogens is 1. The van der Waals surface area contributed by atoms with E-state index in [2.05, 4.69) is 4.98 Å². The van der Waals surface area contributed by atoms with Crippen molar-refractivity contribution in [1.82, 2.24) is 9.88 Å². The lowest BCUT2D eigenvalue weighted by molar-refractivity contribution is -0.137. The molecule has 0 spiro atoms. The van der Waals surface area contributed by atoms with E-state index in [4.69, 9.17) is 9.52 Å². The zero-order valence-electron chi connectivity index (χ0n) is 12.2. The number of furan rings is 1. The highest BCUT2D eigenvalue weighted by molar-refractivity contribution is 5.97. The van der Waals surface area contributed by atoms with Gasteiger partial charge in [0.15, 0.2) is 5.76 Å². The van der Waals surface area contributed by atoms with Crippen molar-refractivity contribution >= 4 is 11.9 Å². The van der Waals surface area contributed by atoms with Gasteiger partial charge in [-0.3, -0.25) is 9.59 Å². The minimum absolute atomic E-state index is 0.0350. The van der Waals surface area contributed by atoms with Crippen LogP contribution in [0, 0.1) is 6.92 Å². The molecular weight excluding hydrogens is 284 g/mol. The number of aliphatic carboxylic acids is 1. The standard InChI is InChI=1S/C16H16N2O4/c1-10-12(6-7-13(17-10)14-3-2-8-22-14)16(21)18(9-15(19)20)11-4-5-11/h2-3,6-8,11H,4-5,9H2,1H3,(H,19,20). The number of carbonyl (C=O) groups is 2.